The lowest BCUT2D eigenvalue weighted by atomic mass is 9.68. The first-order valence-electron chi connectivity index (χ1n) is 6.88. The fourth-order valence-electron chi connectivity index (χ4n) is 2.77. The fourth-order valence-corrected chi connectivity index (χ4v) is 2.77. The maximum Gasteiger partial charge on any atom is 0.0804 e. The standard InChI is InChI=1S/C14H29NO2/c1-13(2,3)12-5-7-14(11-15,8-6-12)17-10-4-9-16/h12,16H,4-11,15H2,1-3H3. The van der Waals surface area contributed by atoms with Gasteiger partial charge < -0.3 is 15.6 Å². The fraction of sp³-hybridized carbons (Fsp3) is 1.00. The van der Waals surface area contributed by atoms with Gasteiger partial charge in [0.05, 0.1) is 5.60 Å². The Morgan fingerprint density at radius 2 is 1.88 bits per heavy atom. The van der Waals surface area contributed by atoms with E-state index in [1.54, 1.807) is 0 Å². The molecule has 3 heteroatoms. The molecule has 102 valence electrons. The average Bonchev–Trinajstić information content (AvgIpc) is 2.29. The highest BCUT2D eigenvalue weighted by atomic mass is 16.5. The number of ether oxygens (including phenoxy) is 1. The molecule has 1 rings (SSSR count). The van der Waals surface area contributed by atoms with E-state index >= 15 is 0 Å². The van der Waals surface area contributed by atoms with Gasteiger partial charge in [0, 0.05) is 19.8 Å². The van der Waals surface area contributed by atoms with Gasteiger partial charge in [-0.05, 0) is 43.4 Å². The monoisotopic (exact) mass is 243 g/mol. The topological polar surface area (TPSA) is 55.5 Å². The van der Waals surface area contributed by atoms with Crippen LogP contribution in [0.2, 0.25) is 0 Å². The van der Waals surface area contributed by atoms with Crippen LogP contribution in [0.25, 0.3) is 0 Å². The van der Waals surface area contributed by atoms with Crippen molar-refractivity contribution in [2.45, 2.75) is 58.5 Å². The molecule has 0 unspecified atom stereocenters. The molecule has 0 amide bonds. The van der Waals surface area contributed by atoms with E-state index in [-0.39, 0.29) is 12.2 Å². The van der Waals surface area contributed by atoms with Gasteiger partial charge in [0.25, 0.3) is 0 Å². The van der Waals surface area contributed by atoms with Gasteiger partial charge in [0.15, 0.2) is 0 Å². The van der Waals surface area contributed by atoms with Crippen LogP contribution in [0.4, 0.5) is 0 Å². The van der Waals surface area contributed by atoms with Gasteiger partial charge >= 0.3 is 0 Å². The lowest BCUT2D eigenvalue weighted by molar-refractivity contribution is -0.0824. The number of hydrogen-bond donors (Lipinski definition) is 2. The number of aliphatic hydroxyl groups is 1. The van der Waals surface area contributed by atoms with E-state index in [1.165, 1.54) is 12.8 Å². The minimum atomic E-state index is -0.114. The summed E-state index contributed by atoms with van der Waals surface area (Å²) in [6, 6.07) is 0. The van der Waals surface area contributed by atoms with E-state index in [0.29, 0.717) is 25.0 Å². The van der Waals surface area contributed by atoms with Gasteiger partial charge in [-0.2, -0.15) is 0 Å². The lowest BCUT2D eigenvalue weighted by Crippen LogP contribution is -2.45. The Hall–Kier alpha value is -0.120. The van der Waals surface area contributed by atoms with Crippen LogP contribution >= 0.6 is 0 Å². The summed E-state index contributed by atoms with van der Waals surface area (Å²) in [5.41, 5.74) is 6.17. The molecule has 0 aromatic carbocycles. The Balaban J connectivity index is 2.45. The van der Waals surface area contributed by atoms with Crippen molar-refractivity contribution in [3.63, 3.8) is 0 Å². The third kappa shape index (κ3) is 4.23. The molecule has 1 fully saturated rings. The van der Waals surface area contributed by atoms with E-state index in [9.17, 15) is 0 Å². The molecule has 1 saturated carbocycles. The molecule has 0 bridgehead atoms. The Bertz CT molecular complexity index is 215. The molecule has 0 aromatic rings. The minimum Gasteiger partial charge on any atom is -0.396 e. The van der Waals surface area contributed by atoms with Crippen LogP contribution in [-0.2, 0) is 4.74 Å². The highest BCUT2D eigenvalue weighted by Crippen LogP contribution is 2.42. The smallest absolute Gasteiger partial charge is 0.0804 e. The van der Waals surface area contributed by atoms with Crippen molar-refractivity contribution < 1.29 is 9.84 Å². The minimum absolute atomic E-state index is 0.114. The second-order valence-electron chi connectivity index (χ2n) is 6.45. The molecule has 0 atom stereocenters. The molecule has 3 N–H and O–H groups in total. The average molecular weight is 243 g/mol. The second kappa shape index (κ2) is 6.17. The third-order valence-corrected chi connectivity index (χ3v) is 4.20. The highest BCUT2D eigenvalue weighted by molar-refractivity contribution is 4.91. The highest BCUT2D eigenvalue weighted by Gasteiger charge is 2.38. The Morgan fingerprint density at radius 1 is 1.29 bits per heavy atom. The largest absolute Gasteiger partial charge is 0.396 e. The van der Waals surface area contributed by atoms with Crippen LogP contribution in [0.1, 0.15) is 52.9 Å². The predicted octanol–water partition coefficient (Wildman–Crippen LogP) is 2.32. The van der Waals surface area contributed by atoms with Crippen LogP contribution in [0.5, 0.6) is 0 Å². The predicted molar refractivity (Wildman–Crippen MR) is 70.9 cm³/mol. The number of nitrogens with two attached hydrogens (primary N) is 1. The SMILES string of the molecule is CC(C)(C)C1CCC(CN)(OCCCO)CC1. The molecule has 0 radical (unpaired) electrons. The van der Waals surface area contributed by atoms with Crippen molar-refractivity contribution in [3.8, 4) is 0 Å². The Kier molecular flexibility index (Phi) is 5.42. The first-order chi connectivity index (χ1) is 7.93. The van der Waals surface area contributed by atoms with E-state index < -0.39 is 0 Å². The Labute approximate surface area is 106 Å². The number of rotatable bonds is 5. The van der Waals surface area contributed by atoms with Gasteiger partial charge in [0.2, 0.25) is 0 Å². The van der Waals surface area contributed by atoms with Gasteiger partial charge in [-0.3, -0.25) is 0 Å². The molecule has 0 aromatic heterocycles. The van der Waals surface area contributed by atoms with Crippen LogP contribution in [0, 0.1) is 11.3 Å². The summed E-state index contributed by atoms with van der Waals surface area (Å²) < 4.78 is 5.94. The maximum atomic E-state index is 8.79. The summed E-state index contributed by atoms with van der Waals surface area (Å²) in [6.07, 6.45) is 5.26. The zero-order valence-corrected chi connectivity index (χ0v) is 11.7. The normalized spacial score (nSPS) is 30.5. The van der Waals surface area contributed by atoms with E-state index in [2.05, 4.69) is 20.8 Å². The molecule has 1 aliphatic rings. The molecule has 3 nitrogen and oxygen atoms in total. The summed E-state index contributed by atoms with van der Waals surface area (Å²) in [6.45, 7) is 8.40. The molecular weight excluding hydrogens is 214 g/mol. The van der Waals surface area contributed by atoms with Gasteiger partial charge in [-0.1, -0.05) is 20.8 Å². The quantitative estimate of drug-likeness (QED) is 0.729. The van der Waals surface area contributed by atoms with Crippen molar-refractivity contribution in [3.05, 3.63) is 0 Å². The van der Waals surface area contributed by atoms with Gasteiger partial charge in [-0.25, -0.2) is 0 Å². The second-order valence-corrected chi connectivity index (χ2v) is 6.45. The number of aliphatic hydroxyl groups excluding tert-OH is 1. The van der Waals surface area contributed by atoms with Crippen molar-refractivity contribution in [2.24, 2.45) is 17.1 Å². The summed E-state index contributed by atoms with van der Waals surface area (Å²) >= 11 is 0. The molecule has 1 aliphatic carbocycles. The van der Waals surface area contributed by atoms with E-state index in [4.69, 9.17) is 15.6 Å². The first-order valence-corrected chi connectivity index (χ1v) is 6.88. The zero-order chi connectivity index (χ0) is 12.9. The summed E-state index contributed by atoms with van der Waals surface area (Å²) in [5.74, 6) is 0.781. The summed E-state index contributed by atoms with van der Waals surface area (Å²) in [5, 5.41) is 8.79. The van der Waals surface area contributed by atoms with Gasteiger partial charge in [-0.15, -0.1) is 0 Å². The van der Waals surface area contributed by atoms with Crippen molar-refractivity contribution in [1.82, 2.24) is 0 Å². The molecule has 0 aliphatic heterocycles. The molecule has 0 heterocycles. The molecule has 0 saturated heterocycles. The van der Waals surface area contributed by atoms with Crippen molar-refractivity contribution in [1.29, 1.82) is 0 Å². The molecular formula is C14H29NO2. The maximum absolute atomic E-state index is 8.79. The van der Waals surface area contributed by atoms with Gasteiger partial charge in [0.1, 0.15) is 0 Å². The molecule has 17 heavy (non-hydrogen) atoms. The van der Waals surface area contributed by atoms with Crippen molar-refractivity contribution >= 4 is 0 Å². The van der Waals surface area contributed by atoms with Crippen LogP contribution < -0.4 is 5.73 Å². The zero-order valence-electron chi connectivity index (χ0n) is 11.7. The lowest BCUT2D eigenvalue weighted by Gasteiger charge is -2.43. The van der Waals surface area contributed by atoms with E-state index in [1.807, 2.05) is 0 Å². The third-order valence-electron chi connectivity index (χ3n) is 4.20. The van der Waals surface area contributed by atoms with Crippen LogP contribution in [-0.4, -0.2) is 30.5 Å². The molecule has 0 spiro atoms. The summed E-state index contributed by atoms with van der Waals surface area (Å²) in [7, 11) is 0. The first kappa shape index (κ1) is 14.9. The van der Waals surface area contributed by atoms with Crippen LogP contribution in [0.15, 0.2) is 0 Å². The van der Waals surface area contributed by atoms with E-state index in [0.717, 1.165) is 18.8 Å². The summed E-state index contributed by atoms with van der Waals surface area (Å²) in [4.78, 5) is 0. The Morgan fingerprint density at radius 3 is 2.29 bits per heavy atom. The van der Waals surface area contributed by atoms with Crippen LogP contribution in [0.3, 0.4) is 0 Å². The number of hydrogen-bond acceptors (Lipinski definition) is 3. The van der Waals surface area contributed by atoms with Crippen molar-refractivity contribution in [2.75, 3.05) is 19.8 Å².